The summed E-state index contributed by atoms with van der Waals surface area (Å²) in [5, 5.41) is 7.69. The second-order valence-corrected chi connectivity index (χ2v) is 9.91. The maximum Gasteiger partial charge on any atom is 0.263 e. The molecule has 1 amide bonds. The molecule has 1 aliphatic heterocycles. The molecule has 4 heterocycles. The van der Waals surface area contributed by atoms with E-state index in [1.807, 2.05) is 22.9 Å². The summed E-state index contributed by atoms with van der Waals surface area (Å²) in [5.41, 5.74) is 1.66. The number of rotatable bonds is 7. The number of nitrogens with zero attached hydrogens (tertiary/aromatic N) is 2. The van der Waals surface area contributed by atoms with Gasteiger partial charge in [0, 0.05) is 27.9 Å². The number of benzene rings is 1. The number of Topliss-reactive ketones (excluding diaryl/α,β-unsaturated/α-hetero) is 1. The molecule has 33 heavy (non-hydrogen) atoms. The molecule has 166 valence electrons. The van der Waals surface area contributed by atoms with Crippen LogP contribution in [0.1, 0.15) is 10.4 Å². The van der Waals surface area contributed by atoms with E-state index in [-0.39, 0.29) is 29.6 Å². The highest BCUT2D eigenvalue weighted by atomic mass is 32.2. The first-order valence-electron chi connectivity index (χ1n) is 9.94. The molecule has 5 rings (SSSR count). The van der Waals surface area contributed by atoms with Gasteiger partial charge in [-0.05, 0) is 29.6 Å². The molecule has 3 aromatic heterocycles. The van der Waals surface area contributed by atoms with E-state index in [0.717, 1.165) is 10.4 Å². The first-order valence-corrected chi connectivity index (χ1v) is 12.7. The SMILES string of the molecule is C=CCn1c(SCC(=O)c2ccc3c(c2)NC(=O)CO3)nc2scc(-c3cccs3)c2c1=O. The van der Waals surface area contributed by atoms with Gasteiger partial charge in [0.05, 0.1) is 16.8 Å². The van der Waals surface area contributed by atoms with Crippen molar-refractivity contribution in [2.45, 2.75) is 11.7 Å². The van der Waals surface area contributed by atoms with Crippen molar-refractivity contribution in [3.63, 3.8) is 0 Å². The van der Waals surface area contributed by atoms with Crippen LogP contribution in [0.5, 0.6) is 5.75 Å². The Morgan fingerprint density at radius 2 is 2.18 bits per heavy atom. The maximum atomic E-state index is 13.4. The normalized spacial score (nSPS) is 12.8. The Morgan fingerprint density at radius 1 is 1.30 bits per heavy atom. The van der Waals surface area contributed by atoms with E-state index in [2.05, 4.69) is 11.9 Å². The molecule has 1 N–H and O–H groups in total. The van der Waals surface area contributed by atoms with E-state index in [1.54, 1.807) is 40.2 Å². The number of thioether (sulfide) groups is 1. The number of aromatic nitrogens is 2. The number of hydrogen-bond donors (Lipinski definition) is 1. The Bertz CT molecular complexity index is 1450. The van der Waals surface area contributed by atoms with Crippen LogP contribution in [-0.2, 0) is 11.3 Å². The van der Waals surface area contributed by atoms with Crippen molar-refractivity contribution >= 4 is 62.0 Å². The van der Waals surface area contributed by atoms with Crippen LogP contribution in [0.15, 0.2) is 63.7 Å². The minimum atomic E-state index is -0.259. The lowest BCUT2D eigenvalue weighted by molar-refractivity contribution is -0.118. The highest BCUT2D eigenvalue weighted by molar-refractivity contribution is 7.99. The van der Waals surface area contributed by atoms with Crippen LogP contribution in [-0.4, -0.2) is 33.6 Å². The molecule has 4 aromatic rings. The number of carbonyl (C=O) groups is 2. The lowest BCUT2D eigenvalue weighted by Crippen LogP contribution is -2.25. The predicted octanol–water partition coefficient (Wildman–Crippen LogP) is 4.68. The summed E-state index contributed by atoms with van der Waals surface area (Å²) in [5.74, 6) is 0.217. The molecule has 0 bridgehead atoms. The molecule has 7 nitrogen and oxygen atoms in total. The zero-order chi connectivity index (χ0) is 22.9. The lowest BCUT2D eigenvalue weighted by atomic mass is 10.1. The van der Waals surface area contributed by atoms with E-state index >= 15 is 0 Å². The monoisotopic (exact) mass is 495 g/mol. The van der Waals surface area contributed by atoms with Crippen LogP contribution in [0.25, 0.3) is 20.7 Å². The standard InChI is InChI=1S/C23H17N3O4S3/c1-2-7-26-22(29)20-14(18-4-3-8-31-18)11-32-21(20)25-23(26)33-12-16(27)13-5-6-17-15(9-13)24-19(28)10-30-17/h2-6,8-9,11H,1,7,10,12H2,(H,24,28). The highest BCUT2D eigenvalue weighted by Crippen LogP contribution is 2.35. The van der Waals surface area contributed by atoms with Crippen molar-refractivity contribution in [2.24, 2.45) is 0 Å². The van der Waals surface area contributed by atoms with E-state index in [4.69, 9.17) is 9.72 Å². The molecular weight excluding hydrogens is 478 g/mol. The Balaban J connectivity index is 1.44. The van der Waals surface area contributed by atoms with Gasteiger partial charge in [0.15, 0.2) is 17.5 Å². The van der Waals surface area contributed by atoms with Gasteiger partial charge >= 0.3 is 0 Å². The van der Waals surface area contributed by atoms with Crippen LogP contribution in [0.2, 0.25) is 0 Å². The number of anilines is 1. The third-order valence-electron chi connectivity index (χ3n) is 5.02. The van der Waals surface area contributed by atoms with Gasteiger partial charge in [0.1, 0.15) is 10.6 Å². The van der Waals surface area contributed by atoms with Crippen LogP contribution in [0.3, 0.4) is 0 Å². The summed E-state index contributed by atoms with van der Waals surface area (Å²) in [6, 6.07) is 8.88. The van der Waals surface area contributed by atoms with Gasteiger partial charge in [-0.3, -0.25) is 19.0 Å². The second-order valence-electron chi connectivity index (χ2n) is 7.17. The molecule has 1 aliphatic rings. The summed E-state index contributed by atoms with van der Waals surface area (Å²) >= 11 is 4.20. The van der Waals surface area contributed by atoms with Crippen LogP contribution in [0, 0.1) is 0 Å². The summed E-state index contributed by atoms with van der Waals surface area (Å²) in [6.07, 6.45) is 1.64. The van der Waals surface area contributed by atoms with Crippen molar-refractivity contribution < 1.29 is 14.3 Å². The van der Waals surface area contributed by atoms with E-state index in [1.165, 1.54) is 23.1 Å². The Labute approximate surface area is 200 Å². The fourth-order valence-corrected chi connectivity index (χ4v) is 6.19. The summed E-state index contributed by atoms with van der Waals surface area (Å²) < 4.78 is 6.89. The minimum Gasteiger partial charge on any atom is -0.482 e. The number of hydrogen-bond acceptors (Lipinski definition) is 8. The first kappa shape index (κ1) is 21.6. The molecule has 1 aromatic carbocycles. The maximum absolute atomic E-state index is 13.4. The van der Waals surface area contributed by atoms with E-state index in [9.17, 15) is 14.4 Å². The Morgan fingerprint density at radius 3 is 2.97 bits per heavy atom. The third-order valence-corrected chi connectivity index (χ3v) is 7.78. The molecule has 0 saturated heterocycles. The topological polar surface area (TPSA) is 90.3 Å². The molecule has 10 heteroatoms. The lowest BCUT2D eigenvalue weighted by Gasteiger charge is -2.18. The first-order chi connectivity index (χ1) is 16.0. The number of amides is 1. The molecule has 0 saturated carbocycles. The van der Waals surface area contributed by atoms with Crippen LogP contribution in [0.4, 0.5) is 5.69 Å². The van der Waals surface area contributed by atoms with Crippen LogP contribution < -0.4 is 15.6 Å². The number of nitrogens with one attached hydrogen (secondary N) is 1. The van der Waals surface area contributed by atoms with Crippen molar-refractivity contribution in [1.29, 1.82) is 0 Å². The van der Waals surface area contributed by atoms with Crippen molar-refractivity contribution in [3.8, 4) is 16.2 Å². The number of carbonyl (C=O) groups excluding carboxylic acids is 2. The van der Waals surface area contributed by atoms with Gasteiger partial charge in [-0.2, -0.15) is 0 Å². The molecule has 0 atom stereocenters. The second kappa shape index (κ2) is 8.97. The summed E-state index contributed by atoms with van der Waals surface area (Å²) in [6.45, 7) is 4.02. The minimum absolute atomic E-state index is 0.0396. The fraction of sp³-hybridized carbons (Fsp3) is 0.130. The number of fused-ring (bicyclic) bond motifs is 2. The van der Waals surface area contributed by atoms with Crippen LogP contribution >= 0.6 is 34.4 Å². The quantitative estimate of drug-likeness (QED) is 0.173. The fourth-order valence-electron chi connectivity index (χ4n) is 3.49. The largest absolute Gasteiger partial charge is 0.482 e. The summed E-state index contributed by atoms with van der Waals surface area (Å²) in [7, 11) is 0. The molecule has 0 unspecified atom stereocenters. The van der Waals surface area contributed by atoms with E-state index in [0.29, 0.717) is 38.9 Å². The Hall–Kier alpha value is -3.21. The van der Waals surface area contributed by atoms with Gasteiger partial charge in [0.2, 0.25) is 0 Å². The molecular formula is C23H17N3O4S3. The smallest absolute Gasteiger partial charge is 0.263 e. The third kappa shape index (κ3) is 4.12. The van der Waals surface area contributed by atoms with Gasteiger partial charge in [-0.25, -0.2) is 4.98 Å². The predicted molar refractivity (Wildman–Crippen MR) is 133 cm³/mol. The molecule has 0 aliphatic carbocycles. The average Bonchev–Trinajstić information content (AvgIpc) is 3.49. The number of allylic oxidation sites excluding steroid dienone is 1. The van der Waals surface area contributed by atoms with Gasteiger partial charge in [-0.1, -0.05) is 23.9 Å². The Kier molecular flexibility index (Phi) is 5.88. The van der Waals surface area contributed by atoms with Crippen molar-refractivity contribution in [3.05, 3.63) is 69.7 Å². The van der Waals surface area contributed by atoms with Gasteiger partial charge in [0.25, 0.3) is 11.5 Å². The van der Waals surface area contributed by atoms with E-state index < -0.39 is 0 Å². The number of thiophene rings is 2. The van der Waals surface area contributed by atoms with Crippen molar-refractivity contribution in [2.75, 3.05) is 17.7 Å². The summed E-state index contributed by atoms with van der Waals surface area (Å²) in [4.78, 5) is 44.1. The number of ketones is 1. The van der Waals surface area contributed by atoms with Crippen molar-refractivity contribution in [1.82, 2.24) is 9.55 Å². The van der Waals surface area contributed by atoms with Gasteiger partial charge in [-0.15, -0.1) is 29.3 Å². The highest BCUT2D eigenvalue weighted by Gasteiger charge is 2.20. The van der Waals surface area contributed by atoms with Gasteiger partial charge < -0.3 is 10.1 Å². The number of ether oxygens (including phenoxy) is 1. The molecule has 0 radical (unpaired) electrons. The molecule has 0 spiro atoms. The average molecular weight is 496 g/mol. The molecule has 0 fully saturated rings. The zero-order valence-corrected chi connectivity index (χ0v) is 19.6. The zero-order valence-electron chi connectivity index (χ0n) is 17.2.